The number of nitrogens with two attached hydrogens (primary N) is 1. The molecule has 0 saturated carbocycles. The smallest absolute Gasteiger partial charge is 0.166 e. The number of para-hydroxylation sites is 1. The normalized spacial score (nSPS) is 17.6. The summed E-state index contributed by atoms with van der Waals surface area (Å²) in [5, 5.41) is 0. The fourth-order valence-corrected chi connectivity index (χ4v) is 2.56. The molecule has 1 atom stereocenters. The van der Waals surface area contributed by atoms with Crippen molar-refractivity contribution in [2.75, 3.05) is 6.54 Å². The summed E-state index contributed by atoms with van der Waals surface area (Å²) in [5.41, 5.74) is 8.15. The number of benzene rings is 1. The summed E-state index contributed by atoms with van der Waals surface area (Å²) in [4.78, 5) is 9.02. The van der Waals surface area contributed by atoms with Crippen molar-refractivity contribution in [2.45, 2.75) is 25.9 Å². The van der Waals surface area contributed by atoms with E-state index in [9.17, 15) is 0 Å². The van der Waals surface area contributed by atoms with E-state index in [0.29, 0.717) is 12.5 Å². The van der Waals surface area contributed by atoms with E-state index in [1.165, 1.54) is 5.56 Å². The van der Waals surface area contributed by atoms with Crippen molar-refractivity contribution in [3.63, 3.8) is 0 Å². The van der Waals surface area contributed by atoms with Crippen molar-refractivity contribution in [2.24, 2.45) is 11.7 Å². The fraction of sp³-hybridized carbons (Fsp3) is 0.375. The van der Waals surface area contributed by atoms with E-state index in [2.05, 4.69) is 9.97 Å². The minimum atomic E-state index is 0.414. The van der Waals surface area contributed by atoms with Crippen LogP contribution in [0.1, 0.15) is 23.5 Å². The van der Waals surface area contributed by atoms with E-state index < -0.39 is 0 Å². The summed E-state index contributed by atoms with van der Waals surface area (Å²) >= 11 is 0. The quantitative estimate of drug-likeness (QED) is 0.923. The molecular formula is C16H19N3O. The highest BCUT2D eigenvalue weighted by Gasteiger charge is 2.19. The van der Waals surface area contributed by atoms with Gasteiger partial charge in [0.25, 0.3) is 0 Å². The molecule has 3 rings (SSSR count). The summed E-state index contributed by atoms with van der Waals surface area (Å²) in [6.45, 7) is 1.16. The SMILES string of the molecule is NCC1CCc2nc(COc3ccccc3)ncc2C1. The van der Waals surface area contributed by atoms with E-state index in [1.807, 2.05) is 36.5 Å². The van der Waals surface area contributed by atoms with E-state index in [4.69, 9.17) is 10.5 Å². The van der Waals surface area contributed by atoms with Gasteiger partial charge in [-0.05, 0) is 49.4 Å². The van der Waals surface area contributed by atoms with Gasteiger partial charge in [-0.1, -0.05) is 18.2 Å². The third kappa shape index (κ3) is 2.96. The van der Waals surface area contributed by atoms with Crippen LogP contribution in [0.4, 0.5) is 0 Å². The minimum absolute atomic E-state index is 0.414. The van der Waals surface area contributed by atoms with Gasteiger partial charge in [-0.25, -0.2) is 9.97 Å². The Bertz CT molecular complexity index is 571. The van der Waals surface area contributed by atoms with Crippen LogP contribution < -0.4 is 10.5 Å². The standard InChI is InChI=1S/C16H19N3O/c17-9-12-6-7-15-13(8-12)10-18-16(19-15)11-20-14-4-2-1-3-5-14/h1-5,10,12H,6-9,11,17H2. The highest BCUT2D eigenvalue weighted by Crippen LogP contribution is 2.23. The van der Waals surface area contributed by atoms with Crippen LogP contribution in [0.2, 0.25) is 0 Å². The topological polar surface area (TPSA) is 61.0 Å². The van der Waals surface area contributed by atoms with Gasteiger partial charge in [0.05, 0.1) is 0 Å². The van der Waals surface area contributed by atoms with Gasteiger partial charge in [0.1, 0.15) is 12.4 Å². The first-order valence-corrected chi connectivity index (χ1v) is 7.06. The molecule has 1 unspecified atom stereocenters. The molecule has 4 nitrogen and oxygen atoms in total. The van der Waals surface area contributed by atoms with Crippen molar-refractivity contribution < 1.29 is 4.74 Å². The molecule has 1 aromatic carbocycles. The first-order valence-electron chi connectivity index (χ1n) is 7.06. The molecule has 1 aliphatic rings. The van der Waals surface area contributed by atoms with Gasteiger partial charge in [-0.3, -0.25) is 0 Å². The Morgan fingerprint density at radius 3 is 2.90 bits per heavy atom. The molecule has 1 aliphatic carbocycles. The molecule has 0 spiro atoms. The van der Waals surface area contributed by atoms with Gasteiger partial charge >= 0.3 is 0 Å². The predicted octanol–water partition coefficient (Wildman–Crippen LogP) is 2.12. The molecule has 0 radical (unpaired) electrons. The lowest BCUT2D eigenvalue weighted by Gasteiger charge is -2.22. The Hall–Kier alpha value is -1.94. The van der Waals surface area contributed by atoms with Gasteiger partial charge < -0.3 is 10.5 Å². The van der Waals surface area contributed by atoms with Crippen molar-refractivity contribution in [3.05, 3.63) is 53.6 Å². The minimum Gasteiger partial charge on any atom is -0.486 e. The maximum atomic E-state index is 5.74. The van der Waals surface area contributed by atoms with E-state index >= 15 is 0 Å². The molecule has 2 aromatic rings. The average Bonchev–Trinajstić information content (AvgIpc) is 2.53. The number of hydrogen-bond acceptors (Lipinski definition) is 4. The monoisotopic (exact) mass is 269 g/mol. The number of aromatic nitrogens is 2. The molecule has 104 valence electrons. The van der Waals surface area contributed by atoms with Crippen LogP contribution in [0.3, 0.4) is 0 Å². The molecule has 4 heteroatoms. The van der Waals surface area contributed by atoms with Crippen molar-refractivity contribution in [1.82, 2.24) is 9.97 Å². The van der Waals surface area contributed by atoms with Crippen LogP contribution in [-0.2, 0) is 19.4 Å². The Morgan fingerprint density at radius 1 is 1.25 bits per heavy atom. The van der Waals surface area contributed by atoms with E-state index in [1.54, 1.807) is 0 Å². The zero-order chi connectivity index (χ0) is 13.8. The molecule has 20 heavy (non-hydrogen) atoms. The van der Waals surface area contributed by atoms with Crippen molar-refractivity contribution in [3.8, 4) is 5.75 Å². The van der Waals surface area contributed by atoms with Crippen LogP contribution in [-0.4, -0.2) is 16.5 Å². The summed E-state index contributed by atoms with van der Waals surface area (Å²) < 4.78 is 5.68. The van der Waals surface area contributed by atoms with Crippen LogP contribution in [0.25, 0.3) is 0 Å². The highest BCUT2D eigenvalue weighted by molar-refractivity contribution is 5.23. The molecule has 2 N–H and O–H groups in total. The van der Waals surface area contributed by atoms with Crippen LogP contribution in [0.5, 0.6) is 5.75 Å². The lowest BCUT2D eigenvalue weighted by atomic mass is 9.87. The fourth-order valence-electron chi connectivity index (χ4n) is 2.56. The average molecular weight is 269 g/mol. The second-order valence-electron chi connectivity index (χ2n) is 5.20. The molecule has 1 heterocycles. The number of nitrogens with zero attached hydrogens (tertiary/aromatic N) is 2. The maximum absolute atomic E-state index is 5.74. The van der Waals surface area contributed by atoms with Crippen LogP contribution in [0, 0.1) is 5.92 Å². The zero-order valence-electron chi connectivity index (χ0n) is 11.5. The zero-order valence-corrected chi connectivity index (χ0v) is 11.5. The Balaban J connectivity index is 1.67. The Labute approximate surface area is 119 Å². The molecule has 0 fully saturated rings. The molecule has 0 aliphatic heterocycles. The lowest BCUT2D eigenvalue weighted by Crippen LogP contribution is -2.23. The highest BCUT2D eigenvalue weighted by atomic mass is 16.5. The maximum Gasteiger partial charge on any atom is 0.166 e. The van der Waals surface area contributed by atoms with E-state index in [0.717, 1.165) is 43.1 Å². The first kappa shape index (κ1) is 13.1. The van der Waals surface area contributed by atoms with Gasteiger partial charge in [-0.2, -0.15) is 0 Å². The van der Waals surface area contributed by atoms with Crippen molar-refractivity contribution >= 4 is 0 Å². The van der Waals surface area contributed by atoms with Crippen molar-refractivity contribution in [1.29, 1.82) is 0 Å². The number of aryl methyl sites for hydroxylation is 1. The number of rotatable bonds is 4. The number of hydrogen-bond donors (Lipinski definition) is 1. The summed E-state index contributed by atoms with van der Waals surface area (Å²) in [6.07, 6.45) is 5.07. The molecule has 1 aromatic heterocycles. The van der Waals surface area contributed by atoms with Crippen LogP contribution in [0.15, 0.2) is 36.5 Å². The molecular weight excluding hydrogens is 250 g/mol. The third-order valence-corrected chi connectivity index (χ3v) is 3.75. The summed E-state index contributed by atoms with van der Waals surface area (Å²) in [7, 11) is 0. The number of ether oxygens (including phenoxy) is 1. The number of fused-ring (bicyclic) bond motifs is 1. The predicted molar refractivity (Wildman–Crippen MR) is 77.4 cm³/mol. The second-order valence-corrected chi connectivity index (χ2v) is 5.20. The summed E-state index contributed by atoms with van der Waals surface area (Å²) in [5.74, 6) is 2.17. The summed E-state index contributed by atoms with van der Waals surface area (Å²) in [6, 6.07) is 9.75. The molecule has 0 saturated heterocycles. The Kier molecular flexibility index (Phi) is 3.92. The lowest BCUT2D eigenvalue weighted by molar-refractivity contribution is 0.294. The van der Waals surface area contributed by atoms with Gasteiger partial charge in [0.2, 0.25) is 0 Å². The van der Waals surface area contributed by atoms with Gasteiger partial charge in [-0.15, -0.1) is 0 Å². The van der Waals surface area contributed by atoms with Crippen LogP contribution >= 0.6 is 0 Å². The third-order valence-electron chi connectivity index (χ3n) is 3.75. The molecule has 0 amide bonds. The van der Waals surface area contributed by atoms with Gasteiger partial charge in [0, 0.05) is 11.9 Å². The molecule has 0 bridgehead atoms. The largest absolute Gasteiger partial charge is 0.486 e. The van der Waals surface area contributed by atoms with E-state index in [-0.39, 0.29) is 0 Å². The Morgan fingerprint density at radius 2 is 2.10 bits per heavy atom. The first-order chi connectivity index (χ1) is 9.85. The second kappa shape index (κ2) is 6.01. The van der Waals surface area contributed by atoms with Gasteiger partial charge in [0.15, 0.2) is 5.82 Å².